The molecule has 0 saturated carbocycles. The Kier molecular flexibility index (Phi) is 2.88. The van der Waals surface area contributed by atoms with Crippen LogP contribution in [0.15, 0.2) is 6.07 Å². The van der Waals surface area contributed by atoms with Crippen LogP contribution >= 0.6 is 0 Å². The van der Waals surface area contributed by atoms with Gasteiger partial charge in [0.05, 0.1) is 5.92 Å². The van der Waals surface area contributed by atoms with Crippen LogP contribution in [0.1, 0.15) is 18.4 Å². The van der Waals surface area contributed by atoms with Gasteiger partial charge in [0.25, 0.3) is 0 Å². The highest BCUT2D eigenvalue weighted by atomic mass is 19.2. The SMILES string of the molecule is CC(C(=O)O)c1c(O)c(F)cc(F)c1F. The number of phenolic OH excluding ortho intramolecular Hbond substituents is 1. The second kappa shape index (κ2) is 3.80. The molecular formula is C9H7F3O3. The van der Waals surface area contributed by atoms with E-state index in [-0.39, 0.29) is 6.07 Å². The maximum atomic E-state index is 13.1. The van der Waals surface area contributed by atoms with E-state index in [1.807, 2.05) is 0 Å². The molecule has 0 heterocycles. The molecule has 0 spiro atoms. The lowest BCUT2D eigenvalue weighted by atomic mass is 9.99. The first-order valence-electron chi connectivity index (χ1n) is 3.95. The van der Waals surface area contributed by atoms with Gasteiger partial charge in [0.1, 0.15) is 0 Å². The van der Waals surface area contributed by atoms with Gasteiger partial charge in [0, 0.05) is 11.6 Å². The minimum absolute atomic E-state index is 0.155. The second-order valence-electron chi connectivity index (χ2n) is 2.98. The highest BCUT2D eigenvalue weighted by Crippen LogP contribution is 2.32. The molecule has 2 N–H and O–H groups in total. The van der Waals surface area contributed by atoms with Crippen molar-refractivity contribution in [2.45, 2.75) is 12.8 Å². The van der Waals surface area contributed by atoms with Crippen molar-refractivity contribution in [2.24, 2.45) is 0 Å². The van der Waals surface area contributed by atoms with Gasteiger partial charge in [-0.15, -0.1) is 0 Å². The number of carboxylic acids is 1. The summed E-state index contributed by atoms with van der Waals surface area (Å²) in [4.78, 5) is 10.5. The molecule has 82 valence electrons. The summed E-state index contributed by atoms with van der Waals surface area (Å²) >= 11 is 0. The molecule has 1 aromatic carbocycles. The molecule has 0 aromatic heterocycles. The Bertz CT molecular complexity index is 391. The molecule has 3 nitrogen and oxygen atoms in total. The summed E-state index contributed by atoms with van der Waals surface area (Å²) in [5.41, 5.74) is -0.889. The molecule has 0 saturated heterocycles. The normalized spacial score (nSPS) is 12.5. The molecule has 0 radical (unpaired) electrons. The number of halogens is 3. The molecule has 1 aromatic rings. The number of hydrogen-bond acceptors (Lipinski definition) is 2. The molecule has 1 unspecified atom stereocenters. The largest absolute Gasteiger partial charge is 0.505 e. The van der Waals surface area contributed by atoms with Gasteiger partial charge in [-0.3, -0.25) is 4.79 Å². The standard InChI is InChI=1S/C9H7F3O3/c1-3(9(14)15)6-7(12)4(10)2-5(11)8(6)13/h2-3,13H,1H3,(H,14,15). The van der Waals surface area contributed by atoms with Gasteiger partial charge in [-0.25, -0.2) is 13.2 Å². The summed E-state index contributed by atoms with van der Waals surface area (Å²) in [5, 5.41) is 17.6. The van der Waals surface area contributed by atoms with Gasteiger partial charge < -0.3 is 10.2 Å². The lowest BCUT2D eigenvalue weighted by Crippen LogP contribution is -2.11. The number of aromatic hydroxyl groups is 1. The molecule has 6 heteroatoms. The van der Waals surface area contributed by atoms with Gasteiger partial charge in [0.15, 0.2) is 23.2 Å². The van der Waals surface area contributed by atoms with Crippen LogP contribution < -0.4 is 0 Å². The Labute approximate surface area is 82.8 Å². The Morgan fingerprint density at radius 2 is 1.87 bits per heavy atom. The topological polar surface area (TPSA) is 57.5 Å². The Morgan fingerprint density at radius 3 is 2.33 bits per heavy atom. The number of rotatable bonds is 2. The summed E-state index contributed by atoms with van der Waals surface area (Å²) in [6.07, 6.45) is 0. The quantitative estimate of drug-likeness (QED) is 0.749. The third kappa shape index (κ3) is 1.88. The maximum absolute atomic E-state index is 13.1. The monoisotopic (exact) mass is 220 g/mol. The maximum Gasteiger partial charge on any atom is 0.310 e. The van der Waals surface area contributed by atoms with Crippen LogP contribution in [0.2, 0.25) is 0 Å². The number of carboxylic acid groups (broad SMARTS) is 1. The third-order valence-corrected chi connectivity index (χ3v) is 1.98. The molecule has 1 rings (SSSR count). The summed E-state index contributed by atoms with van der Waals surface area (Å²) in [5.74, 6) is -8.68. The van der Waals surface area contributed by atoms with E-state index >= 15 is 0 Å². The number of phenols is 1. The highest BCUT2D eigenvalue weighted by molar-refractivity contribution is 5.76. The fourth-order valence-electron chi connectivity index (χ4n) is 1.12. The highest BCUT2D eigenvalue weighted by Gasteiger charge is 2.26. The zero-order valence-electron chi connectivity index (χ0n) is 7.59. The van der Waals surface area contributed by atoms with Crippen molar-refractivity contribution in [1.82, 2.24) is 0 Å². The van der Waals surface area contributed by atoms with Crippen molar-refractivity contribution in [1.29, 1.82) is 0 Å². The summed E-state index contributed by atoms with van der Waals surface area (Å²) < 4.78 is 38.6. The van der Waals surface area contributed by atoms with E-state index in [0.717, 1.165) is 6.92 Å². The second-order valence-corrected chi connectivity index (χ2v) is 2.98. The minimum Gasteiger partial charge on any atom is -0.505 e. The van der Waals surface area contributed by atoms with Crippen LogP contribution in [-0.4, -0.2) is 16.2 Å². The number of carbonyl (C=O) groups is 1. The average molecular weight is 220 g/mol. The van der Waals surface area contributed by atoms with E-state index in [1.54, 1.807) is 0 Å². The van der Waals surface area contributed by atoms with E-state index in [2.05, 4.69) is 0 Å². The first-order valence-corrected chi connectivity index (χ1v) is 3.95. The van der Waals surface area contributed by atoms with E-state index in [1.165, 1.54) is 0 Å². The van der Waals surface area contributed by atoms with Crippen LogP contribution in [0.25, 0.3) is 0 Å². The van der Waals surface area contributed by atoms with E-state index in [0.29, 0.717) is 0 Å². The minimum atomic E-state index is -1.55. The van der Waals surface area contributed by atoms with E-state index < -0.39 is 40.7 Å². The molecule has 0 amide bonds. The van der Waals surface area contributed by atoms with Crippen LogP contribution in [0.5, 0.6) is 5.75 Å². The zero-order valence-corrected chi connectivity index (χ0v) is 7.59. The van der Waals surface area contributed by atoms with Gasteiger partial charge in [-0.1, -0.05) is 0 Å². The number of aliphatic carboxylic acids is 1. The first-order chi connectivity index (χ1) is 6.86. The molecule has 0 aliphatic carbocycles. The van der Waals surface area contributed by atoms with Crippen molar-refractivity contribution in [3.63, 3.8) is 0 Å². The van der Waals surface area contributed by atoms with Crippen LogP contribution in [-0.2, 0) is 4.79 Å². The van der Waals surface area contributed by atoms with Crippen molar-refractivity contribution >= 4 is 5.97 Å². The Morgan fingerprint density at radius 1 is 1.33 bits per heavy atom. The first kappa shape index (κ1) is 11.4. The van der Waals surface area contributed by atoms with E-state index in [4.69, 9.17) is 10.2 Å². The average Bonchev–Trinajstić information content (AvgIpc) is 2.15. The third-order valence-electron chi connectivity index (χ3n) is 1.98. The predicted octanol–water partition coefficient (Wildman–Crippen LogP) is 2.00. The molecule has 0 bridgehead atoms. The fourth-order valence-corrected chi connectivity index (χ4v) is 1.12. The Hall–Kier alpha value is -1.72. The number of hydrogen-bond donors (Lipinski definition) is 2. The lowest BCUT2D eigenvalue weighted by molar-refractivity contribution is -0.138. The van der Waals surface area contributed by atoms with Crippen molar-refractivity contribution in [2.75, 3.05) is 0 Å². The molecule has 0 aliphatic heterocycles. The van der Waals surface area contributed by atoms with Crippen LogP contribution in [0.3, 0.4) is 0 Å². The molecule has 1 atom stereocenters. The van der Waals surface area contributed by atoms with Gasteiger partial charge in [-0.2, -0.15) is 0 Å². The molecular weight excluding hydrogens is 213 g/mol. The Balaban J connectivity index is 3.45. The molecule has 15 heavy (non-hydrogen) atoms. The lowest BCUT2D eigenvalue weighted by Gasteiger charge is -2.11. The van der Waals surface area contributed by atoms with Gasteiger partial charge >= 0.3 is 5.97 Å². The predicted molar refractivity (Wildman–Crippen MR) is 44.0 cm³/mol. The smallest absolute Gasteiger partial charge is 0.310 e. The number of benzene rings is 1. The van der Waals surface area contributed by atoms with Crippen molar-refractivity contribution < 1.29 is 28.2 Å². The van der Waals surface area contributed by atoms with Crippen molar-refractivity contribution in [3.05, 3.63) is 29.1 Å². The van der Waals surface area contributed by atoms with Gasteiger partial charge in [0.2, 0.25) is 0 Å². The van der Waals surface area contributed by atoms with Crippen LogP contribution in [0.4, 0.5) is 13.2 Å². The molecule has 0 aliphatic rings. The summed E-state index contributed by atoms with van der Waals surface area (Å²) in [7, 11) is 0. The summed E-state index contributed by atoms with van der Waals surface area (Å²) in [6.45, 7) is 1.01. The molecule has 0 fully saturated rings. The summed E-state index contributed by atoms with van der Waals surface area (Å²) in [6, 6.07) is 0.155. The van der Waals surface area contributed by atoms with Crippen LogP contribution in [0, 0.1) is 17.5 Å². The van der Waals surface area contributed by atoms with Gasteiger partial charge in [-0.05, 0) is 6.92 Å². The fraction of sp³-hybridized carbons (Fsp3) is 0.222. The van der Waals surface area contributed by atoms with E-state index in [9.17, 15) is 18.0 Å². The zero-order chi connectivity index (χ0) is 11.7. The van der Waals surface area contributed by atoms with Crippen molar-refractivity contribution in [3.8, 4) is 5.75 Å².